The lowest BCUT2D eigenvalue weighted by Crippen LogP contribution is -2.52. The average molecular weight is 308 g/mol. The molecule has 1 saturated carbocycles. The van der Waals surface area contributed by atoms with Crippen molar-refractivity contribution in [3.63, 3.8) is 0 Å². The minimum Gasteiger partial charge on any atom is -0.335 e. The van der Waals surface area contributed by atoms with Crippen molar-refractivity contribution in [2.45, 2.75) is 38.1 Å². The SMILES string of the molecule is O=C(c1cc(Cl)ccn1)N1CCN(C2CCCCC2)CC1. The molecule has 1 saturated heterocycles. The van der Waals surface area contributed by atoms with E-state index < -0.39 is 0 Å². The quantitative estimate of drug-likeness (QED) is 0.843. The van der Waals surface area contributed by atoms with Crippen LogP contribution in [0.25, 0.3) is 0 Å². The fraction of sp³-hybridized carbons (Fsp3) is 0.625. The highest BCUT2D eigenvalue weighted by Gasteiger charge is 2.27. The van der Waals surface area contributed by atoms with Gasteiger partial charge < -0.3 is 4.90 Å². The van der Waals surface area contributed by atoms with E-state index in [0.29, 0.717) is 10.7 Å². The van der Waals surface area contributed by atoms with Crippen LogP contribution < -0.4 is 0 Å². The van der Waals surface area contributed by atoms with Crippen molar-refractivity contribution in [1.29, 1.82) is 0 Å². The maximum absolute atomic E-state index is 12.4. The molecule has 0 radical (unpaired) electrons. The molecule has 4 nitrogen and oxygen atoms in total. The van der Waals surface area contributed by atoms with Crippen LogP contribution in [0.1, 0.15) is 42.6 Å². The number of hydrogen-bond acceptors (Lipinski definition) is 3. The predicted octanol–water partition coefficient (Wildman–Crippen LogP) is 2.83. The molecule has 0 spiro atoms. The van der Waals surface area contributed by atoms with Crippen molar-refractivity contribution in [1.82, 2.24) is 14.8 Å². The maximum atomic E-state index is 12.4. The van der Waals surface area contributed by atoms with Gasteiger partial charge in [0.1, 0.15) is 5.69 Å². The minimum absolute atomic E-state index is 0.000735. The first-order valence-electron chi connectivity index (χ1n) is 7.89. The van der Waals surface area contributed by atoms with Crippen LogP contribution >= 0.6 is 11.6 Å². The molecule has 1 aliphatic heterocycles. The Labute approximate surface area is 131 Å². The first-order chi connectivity index (χ1) is 10.2. The number of carbonyl (C=O) groups is 1. The molecule has 3 rings (SSSR count). The van der Waals surface area contributed by atoms with Crippen molar-refractivity contribution in [3.8, 4) is 0 Å². The molecule has 1 amide bonds. The maximum Gasteiger partial charge on any atom is 0.272 e. The Kier molecular flexibility index (Phi) is 4.76. The van der Waals surface area contributed by atoms with Crippen molar-refractivity contribution >= 4 is 17.5 Å². The summed E-state index contributed by atoms with van der Waals surface area (Å²) in [6.07, 6.45) is 8.34. The van der Waals surface area contributed by atoms with E-state index in [4.69, 9.17) is 11.6 Å². The van der Waals surface area contributed by atoms with Gasteiger partial charge in [0, 0.05) is 43.4 Å². The normalized spacial score (nSPS) is 21.5. The third-order valence-corrected chi connectivity index (χ3v) is 4.87. The number of aromatic nitrogens is 1. The highest BCUT2D eigenvalue weighted by molar-refractivity contribution is 6.30. The standard InChI is InChI=1S/C16H22ClN3O/c17-13-6-7-18-15(12-13)16(21)20-10-8-19(9-11-20)14-4-2-1-3-5-14/h6-7,12,14H,1-5,8-11H2. The number of hydrogen-bond donors (Lipinski definition) is 0. The summed E-state index contributed by atoms with van der Waals surface area (Å²) in [6.45, 7) is 3.56. The van der Waals surface area contributed by atoms with Crippen LogP contribution in [0.3, 0.4) is 0 Å². The lowest BCUT2D eigenvalue weighted by atomic mass is 9.94. The van der Waals surface area contributed by atoms with Gasteiger partial charge in [-0.25, -0.2) is 0 Å². The summed E-state index contributed by atoms with van der Waals surface area (Å²) in [5.74, 6) is 0.000735. The van der Waals surface area contributed by atoms with Crippen LogP contribution in [0.4, 0.5) is 0 Å². The van der Waals surface area contributed by atoms with Crippen molar-refractivity contribution in [2.24, 2.45) is 0 Å². The Morgan fingerprint density at radius 2 is 1.86 bits per heavy atom. The van der Waals surface area contributed by atoms with Gasteiger partial charge in [-0.1, -0.05) is 30.9 Å². The van der Waals surface area contributed by atoms with Gasteiger partial charge in [0.2, 0.25) is 0 Å². The van der Waals surface area contributed by atoms with E-state index in [9.17, 15) is 4.79 Å². The molecule has 2 aliphatic rings. The van der Waals surface area contributed by atoms with Gasteiger partial charge in [0.15, 0.2) is 0 Å². The summed E-state index contributed by atoms with van der Waals surface area (Å²) in [5.41, 5.74) is 0.452. The second-order valence-corrected chi connectivity index (χ2v) is 6.42. The van der Waals surface area contributed by atoms with Crippen LogP contribution in [0, 0.1) is 0 Å². The molecular formula is C16H22ClN3O. The molecule has 5 heteroatoms. The van der Waals surface area contributed by atoms with Crippen molar-refractivity contribution in [3.05, 3.63) is 29.0 Å². The average Bonchev–Trinajstić information content (AvgIpc) is 2.55. The van der Waals surface area contributed by atoms with E-state index in [1.807, 2.05) is 4.90 Å². The molecule has 114 valence electrons. The number of rotatable bonds is 2. The Morgan fingerprint density at radius 1 is 1.14 bits per heavy atom. The Balaban J connectivity index is 1.56. The van der Waals surface area contributed by atoms with Crippen LogP contribution in [-0.2, 0) is 0 Å². The number of nitrogens with zero attached hydrogens (tertiary/aromatic N) is 3. The molecule has 1 aliphatic carbocycles. The molecule has 2 heterocycles. The van der Waals surface area contributed by atoms with Gasteiger partial charge in [-0.05, 0) is 25.0 Å². The molecule has 0 unspecified atom stereocenters. The fourth-order valence-electron chi connectivity index (χ4n) is 3.42. The third kappa shape index (κ3) is 3.55. The van der Waals surface area contributed by atoms with Crippen LogP contribution in [0.5, 0.6) is 0 Å². The van der Waals surface area contributed by atoms with E-state index in [0.717, 1.165) is 32.2 Å². The lowest BCUT2D eigenvalue weighted by Gasteiger charge is -2.40. The zero-order chi connectivity index (χ0) is 14.7. The Morgan fingerprint density at radius 3 is 2.52 bits per heavy atom. The number of pyridine rings is 1. The summed E-state index contributed by atoms with van der Waals surface area (Å²) in [7, 11) is 0. The van der Waals surface area contributed by atoms with E-state index >= 15 is 0 Å². The van der Waals surface area contributed by atoms with Gasteiger partial charge in [0.25, 0.3) is 5.91 Å². The molecule has 0 N–H and O–H groups in total. The van der Waals surface area contributed by atoms with E-state index in [1.54, 1.807) is 18.3 Å². The molecule has 1 aromatic rings. The van der Waals surface area contributed by atoms with E-state index in [-0.39, 0.29) is 5.91 Å². The predicted molar refractivity (Wildman–Crippen MR) is 83.6 cm³/mol. The fourth-order valence-corrected chi connectivity index (χ4v) is 3.58. The summed E-state index contributed by atoms with van der Waals surface area (Å²) in [6, 6.07) is 4.08. The summed E-state index contributed by atoms with van der Waals surface area (Å²) in [4.78, 5) is 21.0. The van der Waals surface area contributed by atoms with Gasteiger partial charge in [-0.3, -0.25) is 14.7 Å². The molecule has 2 fully saturated rings. The molecule has 0 bridgehead atoms. The second-order valence-electron chi connectivity index (χ2n) is 5.98. The molecule has 21 heavy (non-hydrogen) atoms. The summed E-state index contributed by atoms with van der Waals surface area (Å²) >= 11 is 5.93. The van der Waals surface area contributed by atoms with Crippen LogP contribution in [0.15, 0.2) is 18.3 Å². The largest absolute Gasteiger partial charge is 0.335 e. The summed E-state index contributed by atoms with van der Waals surface area (Å²) < 4.78 is 0. The highest BCUT2D eigenvalue weighted by atomic mass is 35.5. The van der Waals surface area contributed by atoms with Crippen molar-refractivity contribution < 1.29 is 4.79 Å². The van der Waals surface area contributed by atoms with E-state index in [1.165, 1.54) is 32.1 Å². The molecular weight excluding hydrogens is 286 g/mol. The minimum atomic E-state index is 0.000735. The van der Waals surface area contributed by atoms with Gasteiger partial charge in [-0.15, -0.1) is 0 Å². The number of piperazine rings is 1. The molecule has 0 aromatic carbocycles. The number of carbonyl (C=O) groups excluding carboxylic acids is 1. The lowest BCUT2D eigenvalue weighted by molar-refractivity contribution is 0.0518. The monoisotopic (exact) mass is 307 g/mol. The second kappa shape index (κ2) is 6.75. The number of amides is 1. The topological polar surface area (TPSA) is 36.4 Å². The first-order valence-corrected chi connectivity index (χ1v) is 8.27. The zero-order valence-electron chi connectivity index (χ0n) is 12.3. The summed E-state index contributed by atoms with van der Waals surface area (Å²) in [5, 5.41) is 0.564. The Hall–Kier alpha value is -1.13. The smallest absolute Gasteiger partial charge is 0.272 e. The zero-order valence-corrected chi connectivity index (χ0v) is 13.1. The highest BCUT2D eigenvalue weighted by Crippen LogP contribution is 2.23. The van der Waals surface area contributed by atoms with Gasteiger partial charge in [-0.2, -0.15) is 0 Å². The van der Waals surface area contributed by atoms with E-state index in [2.05, 4.69) is 9.88 Å². The molecule has 1 aromatic heterocycles. The van der Waals surface area contributed by atoms with Crippen LogP contribution in [0.2, 0.25) is 5.02 Å². The molecule has 0 atom stereocenters. The third-order valence-electron chi connectivity index (χ3n) is 4.63. The number of halogens is 1. The van der Waals surface area contributed by atoms with Gasteiger partial charge in [0.05, 0.1) is 0 Å². The van der Waals surface area contributed by atoms with Crippen molar-refractivity contribution in [2.75, 3.05) is 26.2 Å². The Bertz CT molecular complexity index is 494. The first kappa shape index (κ1) is 14.8. The van der Waals surface area contributed by atoms with Crippen LogP contribution in [-0.4, -0.2) is 52.9 Å². The van der Waals surface area contributed by atoms with Gasteiger partial charge >= 0.3 is 0 Å².